The van der Waals surface area contributed by atoms with Crippen molar-refractivity contribution in [2.75, 3.05) is 36.5 Å². The Kier molecular flexibility index (Phi) is 6.11. The van der Waals surface area contributed by atoms with Gasteiger partial charge in [0.1, 0.15) is 17.8 Å². The van der Waals surface area contributed by atoms with E-state index < -0.39 is 11.6 Å². The van der Waals surface area contributed by atoms with Crippen LogP contribution in [0.25, 0.3) is 22.4 Å². The Morgan fingerprint density at radius 2 is 1.92 bits per heavy atom. The van der Waals surface area contributed by atoms with E-state index in [1.165, 1.54) is 11.6 Å². The van der Waals surface area contributed by atoms with Gasteiger partial charge in [0.25, 0.3) is 0 Å². The zero-order chi connectivity index (χ0) is 25.5. The first-order chi connectivity index (χ1) is 18.0. The van der Waals surface area contributed by atoms with Crippen molar-refractivity contribution in [3.05, 3.63) is 53.7 Å². The first-order valence-corrected chi connectivity index (χ1v) is 12.6. The average Bonchev–Trinajstić information content (AvgIpc) is 3.31. The van der Waals surface area contributed by atoms with Gasteiger partial charge in [0.05, 0.1) is 18.4 Å². The Morgan fingerprint density at radius 3 is 2.73 bits per heavy atom. The maximum Gasteiger partial charge on any atom is 0.302 e. The third kappa shape index (κ3) is 4.57. The zero-order valence-corrected chi connectivity index (χ0v) is 20.7. The van der Waals surface area contributed by atoms with Crippen LogP contribution in [0, 0.1) is 11.6 Å². The lowest BCUT2D eigenvalue weighted by Gasteiger charge is -2.34. The molecule has 2 aromatic carbocycles. The van der Waals surface area contributed by atoms with E-state index in [2.05, 4.69) is 31.7 Å². The van der Waals surface area contributed by atoms with Gasteiger partial charge in [-0.1, -0.05) is 6.07 Å². The van der Waals surface area contributed by atoms with Crippen molar-refractivity contribution >= 4 is 28.8 Å². The Hall–Kier alpha value is -3.79. The number of oxazole rings is 1. The summed E-state index contributed by atoms with van der Waals surface area (Å²) in [5.41, 5.74) is 3.43. The monoisotopic (exact) mass is 506 g/mol. The summed E-state index contributed by atoms with van der Waals surface area (Å²) in [5, 5.41) is 6.31. The van der Waals surface area contributed by atoms with Gasteiger partial charge in [-0.2, -0.15) is 4.98 Å². The minimum Gasteiger partial charge on any atom is -0.486 e. The molecule has 2 N–H and O–H groups in total. The molecule has 6 rings (SSSR count). The molecule has 0 radical (unpaired) electrons. The molecule has 2 aliphatic heterocycles. The molecule has 1 fully saturated rings. The van der Waals surface area contributed by atoms with Crippen LogP contribution >= 0.6 is 0 Å². The van der Waals surface area contributed by atoms with Crippen LogP contribution in [0.15, 0.2) is 40.9 Å². The van der Waals surface area contributed by atoms with E-state index >= 15 is 0 Å². The van der Waals surface area contributed by atoms with E-state index in [0.29, 0.717) is 41.4 Å². The Labute approximate surface area is 213 Å². The van der Waals surface area contributed by atoms with Gasteiger partial charge in [0.2, 0.25) is 5.95 Å². The van der Waals surface area contributed by atoms with Crippen molar-refractivity contribution in [3.8, 4) is 17.0 Å². The maximum atomic E-state index is 15.0. The minimum atomic E-state index is -0.665. The van der Waals surface area contributed by atoms with Gasteiger partial charge in [-0.25, -0.2) is 18.7 Å². The molecule has 4 aromatic rings. The van der Waals surface area contributed by atoms with Crippen molar-refractivity contribution < 1.29 is 17.9 Å². The molecule has 0 atom stereocenters. The number of nitrogens with zero attached hydrogens (tertiary/aromatic N) is 4. The SMILES string of the molecule is CC(C)N1CCOc2c(F)cc(-c3nc(Nc4nc5ccc(C6CCNCC6)cc5o4)ncc3F)cc21. The zero-order valence-electron chi connectivity index (χ0n) is 20.7. The molecule has 8 nitrogen and oxygen atoms in total. The summed E-state index contributed by atoms with van der Waals surface area (Å²) >= 11 is 0. The number of anilines is 3. The molecular weight excluding hydrogens is 478 g/mol. The number of ether oxygens (including phenoxy) is 1. The minimum absolute atomic E-state index is 0.0298. The summed E-state index contributed by atoms with van der Waals surface area (Å²) in [6.07, 6.45) is 3.22. The van der Waals surface area contributed by atoms with Crippen molar-refractivity contribution in [3.63, 3.8) is 0 Å². The molecular formula is C27H28F2N6O2. The van der Waals surface area contributed by atoms with Crippen LogP contribution in [-0.2, 0) is 0 Å². The van der Waals surface area contributed by atoms with Gasteiger partial charge in [0, 0.05) is 11.6 Å². The summed E-state index contributed by atoms with van der Waals surface area (Å²) in [5.74, 6) is -0.469. The van der Waals surface area contributed by atoms with Crippen LogP contribution in [0.4, 0.5) is 26.4 Å². The normalized spacial score (nSPS) is 16.2. The van der Waals surface area contributed by atoms with E-state index in [9.17, 15) is 8.78 Å². The Balaban J connectivity index is 1.30. The predicted molar refractivity (Wildman–Crippen MR) is 137 cm³/mol. The van der Waals surface area contributed by atoms with Gasteiger partial charge in [-0.15, -0.1) is 0 Å². The topological polar surface area (TPSA) is 88.3 Å². The number of fused-ring (bicyclic) bond motifs is 2. The number of piperidine rings is 1. The van der Waals surface area contributed by atoms with Crippen LogP contribution < -0.4 is 20.3 Å². The molecule has 0 bridgehead atoms. The van der Waals surface area contributed by atoms with E-state index in [-0.39, 0.29) is 29.4 Å². The highest BCUT2D eigenvalue weighted by Crippen LogP contribution is 2.39. The highest BCUT2D eigenvalue weighted by Gasteiger charge is 2.26. The predicted octanol–water partition coefficient (Wildman–Crippen LogP) is 5.38. The van der Waals surface area contributed by atoms with E-state index in [0.717, 1.165) is 32.1 Å². The number of hydrogen-bond donors (Lipinski definition) is 2. The number of hydrogen-bond acceptors (Lipinski definition) is 8. The molecule has 0 saturated carbocycles. The molecule has 0 amide bonds. The summed E-state index contributed by atoms with van der Waals surface area (Å²) < 4.78 is 41.3. The molecule has 2 aromatic heterocycles. The molecule has 192 valence electrons. The highest BCUT2D eigenvalue weighted by molar-refractivity contribution is 5.76. The third-order valence-electron chi connectivity index (χ3n) is 6.99. The summed E-state index contributed by atoms with van der Waals surface area (Å²) in [7, 11) is 0. The van der Waals surface area contributed by atoms with E-state index in [1.807, 2.05) is 30.9 Å². The lowest BCUT2D eigenvalue weighted by molar-refractivity contribution is 0.287. The second-order valence-electron chi connectivity index (χ2n) is 9.73. The Bertz CT molecular complexity index is 1450. The first kappa shape index (κ1) is 23.6. The van der Waals surface area contributed by atoms with Gasteiger partial charge in [0.15, 0.2) is 23.0 Å². The van der Waals surface area contributed by atoms with E-state index in [4.69, 9.17) is 9.15 Å². The van der Waals surface area contributed by atoms with Gasteiger partial charge < -0.3 is 19.4 Å². The van der Waals surface area contributed by atoms with Crippen molar-refractivity contribution in [2.24, 2.45) is 0 Å². The molecule has 0 spiro atoms. The fourth-order valence-corrected chi connectivity index (χ4v) is 5.10. The molecule has 4 heterocycles. The van der Waals surface area contributed by atoms with E-state index in [1.54, 1.807) is 6.07 Å². The van der Waals surface area contributed by atoms with Gasteiger partial charge in [-0.05, 0) is 75.5 Å². The number of halogens is 2. The molecule has 0 unspecified atom stereocenters. The van der Waals surface area contributed by atoms with Crippen LogP contribution in [0.5, 0.6) is 5.75 Å². The van der Waals surface area contributed by atoms with Crippen molar-refractivity contribution in [1.29, 1.82) is 0 Å². The van der Waals surface area contributed by atoms with Gasteiger partial charge >= 0.3 is 6.01 Å². The Morgan fingerprint density at radius 1 is 1.08 bits per heavy atom. The number of benzene rings is 2. The molecule has 37 heavy (non-hydrogen) atoms. The highest BCUT2D eigenvalue weighted by atomic mass is 19.1. The number of aromatic nitrogens is 3. The summed E-state index contributed by atoms with van der Waals surface area (Å²) in [4.78, 5) is 14.9. The van der Waals surface area contributed by atoms with Crippen molar-refractivity contribution in [1.82, 2.24) is 20.3 Å². The average molecular weight is 507 g/mol. The molecule has 1 saturated heterocycles. The van der Waals surface area contributed by atoms with Crippen LogP contribution in [0.1, 0.15) is 38.2 Å². The summed E-state index contributed by atoms with van der Waals surface area (Å²) in [6.45, 7) is 7.05. The first-order valence-electron chi connectivity index (χ1n) is 12.6. The lowest BCUT2D eigenvalue weighted by Crippen LogP contribution is -2.38. The quantitative estimate of drug-likeness (QED) is 0.373. The lowest BCUT2D eigenvalue weighted by atomic mass is 9.90. The third-order valence-corrected chi connectivity index (χ3v) is 6.99. The fraction of sp³-hybridized carbons (Fsp3) is 0.370. The second-order valence-corrected chi connectivity index (χ2v) is 9.73. The van der Waals surface area contributed by atoms with Crippen LogP contribution in [0.2, 0.25) is 0 Å². The summed E-state index contributed by atoms with van der Waals surface area (Å²) in [6, 6.07) is 9.32. The maximum absolute atomic E-state index is 15.0. The second kappa shape index (κ2) is 9.59. The van der Waals surface area contributed by atoms with Crippen molar-refractivity contribution in [2.45, 2.75) is 38.6 Å². The number of rotatable bonds is 5. The van der Waals surface area contributed by atoms with Crippen LogP contribution in [-0.4, -0.2) is 47.2 Å². The number of nitrogens with one attached hydrogen (secondary N) is 2. The smallest absolute Gasteiger partial charge is 0.302 e. The largest absolute Gasteiger partial charge is 0.486 e. The molecule has 2 aliphatic rings. The van der Waals surface area contributed by atoms with Gasteiger partial charge in [-0.3, -0.25) is 5.32 Å². The standard InChI is InChI=1S/C27H28F2N6O2/c1-15(2)35-9-10-36-25-19(28)11-18(12-22(25)35)24-20(29)14-31-26(33-24)34-27-32-21-4-3-17(13-23(21)37-27)16-5-7-30-8-6-16/h3-4,11-16,30H,5-10H2,1-2H3,(H,31,32,33,34). The van der Waals surface area contributed by atoms with Crippen LogP contribution in [0.3, 0.4) is 0 Å². The molecule has 10 heteroatoms. The molecule has 0 aliphatic carbocycles. The fourth-order valence-electron chi connectivity index (χ4n) is 5.10.